The first kappa shape index (κ1) is 20.4. The molecule has 3 heterocycles. The summed E-state index contributed by atoms with van der Waals surface area (Å²) in [7, 11) is 2.07. The van der Waals surface area contributed by atoms with Crippen molar-refractivity contribution >= 4 is 16.8 Å². The molecule has 1 fully saturated rings. The largest absolute Gasteiger partial charge is 0.392 e. The van der Waals surface area contributed by atoms with Gasteiger partial charge in [0.05, 0.1) is 12.6 Å². The number of nitrogens with zero attached hydrogens (tertiary/aromatic N) is 3. The fraction of sp³-hybridized carbons (Fsp3) is 0.609. The molecule has 2 aromatic rings. The fourth-order valence-electron chi connectivity index (χ4n) is 4.94. The van der Waals surface area contributed by atoms with E-state index in [9.17, 15) is 9.90 Å². The van der Waals surface area contributed by atoms with Crippen LogP contribution in [0.5, 0.6) is 0 Å². The number of rotatable bonds is 6. The molecule has 1 amide bonds. The molecule has 1 aromatic heterocycles. The Bertz CT molecular complexity index is 839. The van der Waals surface area contributed by atoms with Crippen molar-refractivity contribution < 1.29 is 9.90 Å². The average molecular weight is 399 g/mol. The highest BCUT2D eigenvalue weighted by molar-refractivity contribution is 5.86. The second-order valence-corrected chi connectivity index (χ2v) is 8.98. The number of amides is 1. The average Bonchev–Trinajstić information content (AvgIpc) is 3.07. The number of H-pyrrole nitrogens is 1. The minimum absolute atomic E-state index is 0.231. The number of likely N-dealkylation sites (tertiary alicyclic amines) is 1. The molecule has 1 aromatic carbocycles. The lowest BCUT2D eigenvalue weighted by Crippen LogP contribution is -2.44. The Morgan fingerprint density at radius 2 is 2.03 bits per heavy atom. The number of fused-ring (bicyclic) bond motifs is 3. The molecule has 158 valence electrons. The normalized spacial score (nSPS) is 19.7. The first-order valence-corrected chi connectivity index (χ1v) is 10.9. The van der Waals surface area contributed by atoms with Crippen LogP contribution in [-0.4, -0.2) is 83.1 Å². The summed E-state index contributed by atoms with van der Waals surface area (Å²) in [5.74, 6) is 0.870. The lowest BCUT2D eigenvalue weighted by Gasteiger charge is -2.35. The van der Waals surface area contributed by atoms with Gasteiger partial charge >= 0.3 is 0 Å². The van der Waals surface area contributed by atoms with Gasteiger partial charge in [-0.05, 0) is 51.9 Å². The van der Waals surface area contributed by atoms with Gasteiger partial charge < -0.3 is 19.9 Å². The van der Waals surface area contributed by atoms with Crippen molar-refractivity contribution in [2.45, 2.75) is 38.8 Å². The summed E-state index contributed by atoms with van der Waals surface area (Å²) in [5, 5.41) is 10.8. The van der Waals surface area contributed by atoms with Crippen molar-refractivity contribution in [3.05, 3.63) is 35.5 Å². The van der Waals surface area contributed by atoms with Crippen molar-refractivity contribution in [3.8, 4) is 0 Å². The zero-order valence-electron chi connectivity index (χ0n) is 17.7. The van der Waals surface area contributed by atoms with E-state index in [2.05, 4.69) is 46.1 Å². The number of nitrogens with one attached hydrogen (secondary N) is 1. The number of aromatic amines is 1. The highest BCUT2D eigenvalue weighted by atomic mass is 16.3. The molecule has 1 atom stereocenters. The monoisotopic (exact) mass is 398 g/mol. The van der Waals surface area contributed by atoms with E-state index >= 15 is 0 Å². The van der Waals surface area contributed by atoms with Crippen LogP contribution in [0.15, 0.2) is 24.3 Å². The zero-order valence-corrected chi connectivity index (χ0v) is 17.7. The standard InChI is InChI=1S/C23H34N4O2/c1-17(28)13-26-10-7-18(8-11-26)14-25(2)16-23(29)27-12-9-22-20(15-27)19-5-3-4-6-21(19)24-22/h3-6,17-18,24,28H,7-16H2,1-2H3. The molecule has 0 saturated carbocycles. The molecule has 1 saturated heterocycles. The van der Waals surface area contributed by atoms with Crippen LogP contribution in [-0.2, 0) is 17.8 Å². The molecule has 2 aliphatic rings. The maximum absolute atomic E-state index is 12.9. The van der Waals surface area contributed by atoms with E-state index < -0.39 is 0 Å². The van der Waals surface area contributed by atoms with Crippen LogP contribution in [0.1, 0.15) is 31.0 Å². The fourth-order valence-corrected chi connectivity index (χ4v) is 4.94. The third-order valence-electron chi connectivity index (χ3n) is 6.44. The van der Waals surface area contributed by atoms with Crippen LogP contribution >= 0.6 is 0 Å². The molecule has 0 aliphatic carbocycles. The van der Waals surface area contributed by atoms with Gasteiger partial charge in [0.1, 0.15) is 0 Å². The summed E-state index contributed by atoms with van der Waals surface area (Å²) in [6.07, 6.45) is 2.94. The van der Waals surface area contributed by atoms with Crippen LogP contribution in [0.3, 0.4) is 0 Å². The first-order valence-electron chi connectivity index (χ1n) is 10.9. The van der Waals surface area contributed by atoms with Crippen molar-refractivity contribution in [2.75, 3.05) is 46.3 Å². The van der Waals surface area contributed by atoms with Gasteiger partial charge in [-0.15, -0.1) is 0 Å². The maximum Gasteiger partial charge on any atom is 0.237 e. The van der Waals surface area contributed by atoms with Gasteiger partial charge in [0.15, 0.2) is 0 Å². The first-order chi connectivity index (χ1) is 14.0. The number of carbonyl (C=O) groups excluding carboxylic acids is 1. The summed E-state index contributed by atoms with van der Waals surface area (Å²) >= 11 is 0. The summed E-state index contributed by atoms with van der Waals surface area (Å²) in [6.45, 7) is 7.69. The van der Waals surface area contributed by atoms with E-state index in [0.29, 0.717) is 19.0 Å². The Morgan fingerprint density at radius 1 is 1.28 bits per heavy atom. The Kier molecular flexibility index (Phi) is 6.23. The second-order valence-electron chi connectivity index (χ2n) is 8.98. The number of aromatic nitrogens is 1. The topological polar surface area (TPSA) is 62.8 Å². The van der Waals surface area contributed by atoms with Crippen molar-refractivity contribution in [1.82, 2.24) is 19.7 Å². The Labute approximate surface area is 173 Å². The molecular weight excluding hydrogens is 364 g/mol. The zero-order chi connectivity index (χ0) is 20.4. The van der Waals surface area contributed by atoms with Crippen molar-refractivity contribution in [3.63, 3.8) is 0 Å². The van der Waals surface area contributed by atoms with E-state index in [0.717, 1.165) is 52.0 Å². The minimum atomic E-state index is -0.256. The Balaban J connectivity index is 1.27. The van der Waals surface area contributed by atoms with E-state index in [1.54, 1.807) is 0 Å². The molecule has 2 aliphatic heterocycles. The van der Waals surface area contributed by atoms with E-state index in [4.69, 9.17) is 0 Å². The molecule has 6 heteroatoms. The van der Waals surface area contributed by atoms with E-state index in [1.165, 1.54) is 22.2 Å². The van der Waals surface area contributed by atoms with E-state index in [1.807, 2.05) is 11.8 Å². The predicted octanol–water partition coefficient (Wildman–Crippen LogP) is 2.08. The molecule has 0 radical (unpaired) electrons. The molecule has 0 spiro atoms. The third kappa shape index (κ3) is 4.82. The highest BCUT2D eigenvalue weighted by Crippen LogP contribution is 2.27. The number of benzene rings is 1. The van der Waals surface area contributed by atoms with Gasteiger partial charge in [-0.2, -0.15) is 0 Å². The van der Waals surface area contributed by atoms with Crippen molar-refractivity contribution in [1.29, 1.82) is 0 Å². The summed E-state index contributed by atoms with van der Waals surface area (Å²) < 4.78 is 0. The van der Waals surface area contributed by atoms with Crippen LogP contribution in [0, 0.1) is 5.92 Å². The molecular formula is C23H34N4O2. The van der Waals surface area contributed by atoms with Gasteiger partial charge in [-0.3, -0.25) is 9.69 Å². The third-order valence-corrected chi connectivity index (χ3v) is 6.44. The number of likely N-dealkylation sites (N-methyl/N-ethyl adjacent to an activating group) is 1. The summed E-state index contributed by atoms with van der Waals surface area (Å²) in [5.41, 5.74) is 3.74. The van der Waals surface area contributed by atoms with Crippen LogP contribution in [0.25, 0.3) is 10.9 Å². The number of aliphatic hydroxyl groups excluding tert-OH is 1. The van der Waals surface area contributed by atoms with Gasteiger partial charge in [0, 0.05) is 54.8 Å². The van der Waals surface area contributed by atoms with Crippen LogP contribution in [0.4, 0.5) is 0 Å². The Hall–Kier alpha value is -1.89. The quantitative estimate of drug-likeness (QED) is 0.782. The molecule has 29 heavy (non-hydrogen) atoms. The van der Waals surface area contributed by atoms with Gasteiger partial charge in [0.2, 0.25) is 5.91 Å². The molecule has 4 rings (SSSR count). The van der Waals surface area contributed by atoms with Crippen LogP contribution in [0.2, 0.25) is 0 Å². The lowest BCUT2D eigenvalue weighted by molar-refractivity contribution is -0.133. The predicted molar refractivity (Wildman–Crippen MR) is 116 cm³/mol. The maximum atomic E-state index is 12.9. The van der Waals surface area contributed by atoms with Crippen LogP contribution < -0.4 is 0 Å². The summed E-state index contributed by atoms with van der Waals surface area (Å²) in [4.78, 5) is 23.0. The number of aliphatic hydroxyl groups is 1. The van der Waals surface area contributed by atoms with Gasteiger partial charge in [0.25, 0.3) is 0 Å². The Morgan fingerprint density at radius 3 is 2.79 bits per heavy atom. The molecule has 0 bridgehead atoms. The van der Waals surface area contributed by atoms with Crippen molar-refractivity contribution in [2.24, 2.45) is 5.92 Å². The summed E-state index contributed by atoms with van der Waals surface area (Å²) in [6, 6.07) is 8.38. The SMILES string of the molecule is CC(O)CN1CCC(CN(C)CC(=O)N2CCc3[nH]c4ccccc4c3C2)CC1. The highest BCUT2D eigenvalue weighted by Gasteiger charge is 2.26. The lowest BCUT2D eigenvalue weighted by atomic mass is 9.96. The number of hydrogen-bond acceptors (Lipinski definition) is 4. The number of piperidine rings is 1. The molecule has 2 N–H and O–H groups in total. The van der Waals surface area contributed by atoms with E-state index in [-0.39, 0.29) is 12.0 Å². The van der Waals surface area contributed by atoms with Gasteiger partial charge in [-0.1, -0.05) is 18.2 Å². The number of β-amino-alcohol motifs (C(OH)–C–C–N with tert-alkyl or cyclic N) is 1. The second kappa shape index (κ2) is 8.86. The molecule has 1 unspecified atom stereocenters. The number of para-hydroxylation sites is 1. The number of hydrogen-bond donors (Lipinski definition) is 2. The number of carbonyl (C=O) groups is 1. The smallest absolute Gasteiger partial charge is 0.237 e. The molecule has 6 nitrogen and oxygen atoms in total. The minimum Gasteiger partial charge on any atom is -0.392 e. The van der Waals surface area contributed by atoms with Gasteiger partial charge in [-0.25, -0.2) is 0 Å².